The predicted octanol–water partition coefficient (Wildman–Crippen LogP) is 12.5. The maximum atomic E-state index is 6.50. The van der Waals surface area contributed by atoms with E-state index in [9.17, 15) is 0 Å². The van der Waals surface area contributed by atoms with Crippen molar-refractivity contribution in [1.82, 2.24) is 0 Å². The van der Waals surface area contributed by atoms with Crippen LogP contribution in [0.2, 0.25) is 0 Å². The smallest absolute Gasteiger partial charge is 0.152 e. The van der Waals surface area contributed by atoms with E-state index in [2.05, 4.69) is 121 Å². The summed E-state index contributed by atoms with van der Waals surface area (Å²) in [6.07, 6.45) is 0. The number of nitrogens with zero attached hydrogens (tertiary/aromatic N) is 2. The summed E-state index contributed by atoms with van der Waals surface area (Å²) in [7, 11) is 0. The third-order valence-electron chi connectivity index (χ3n) is 9.28. The number of para-hydroxylation sites is 3. The second-order valence-electron chi connectivity index (χ2n) is 12.4. The molecule has 0 radical (unpaired) electrons. The summed E-state index contributed by atoms with van der Waals surface area (Å²) in [4.78, 5) is 4.57. The highest BCUT2D eigenvalue weighted by Gasteiger charge is 2.29. The van der Waals surface area contributed by atoms with E-state index in [4.69, 9.17) is 13.9 Å². The molecule has 1 aromatic heterocycles. The van der Waals surface area contributed by atoms with Crippen molar-refractivity contribution in [2.75, 3.05) is 9.80 Å². The van der Waals surface area contributed by atoms with Crippen molar-refractivity contribution in [3.05, 3.63) is 145 Å². The summed E-state index contributed by atoms with van der Waals surface area (Å²) in [5.74, 6) is 3.34. The summed E-state index contributed by atoms with van der Waals surface area (Å²) in [5, 5.41) is 4.41. The van der Waals surface area contributed by atoms with Crippen LogP contribution in [0, 0.1) is 13.8 Å². The van der Waals surface area contributed by atoms with Gasteiger partial charge in [0.2, 0.25) is 0 Å². The first-order chi connectivity index (χ1) is 23.1. The molecule has 0 spiro atoms. The number of hydrogen-bond acceptors (Lipinski definition) is 5. The highest BCUT2D eigenvalue weighted by molar-refractivity contribution is 6.08. The molecule has 0 bridgehead atoms. The van der Waals surface area contributed by atoms with Crippen molar-refractivity contribution < 1.29 is 13.9 Å². The van der Waals surface area contributed by atoms with Gasteiger partial charge in [0.25, 0.3) is 0 Å². The van der Waals surface area contributed by atoms with Gasteiger partial charge in [0.15, 0.2) is 23.0 Å². The quantitative estimate of drug-likeness (QED) is 0.195. The standard InChI is InChI=1S/C42H28N2O3/c1-25-11-17-34-40(19-25)47-41-20-26(2)12-18-35(41)43(34)29-15-13-28-22-30(16-14-27(28)21-29)44-33-8-4-6-10-38(33)46-42-23-32-31-7-3-5-9-37(31)45-39(32)24-36(42)44/h3-24H,1-2H3. The molecule has 5 nitrogen and oxygen atoms in total. The van der Waals surface area contributed by atoms with E-state index in [1.165, 1.54) is 0 Å². The highest BCUT2D eigenvalue weighted by atomic mass is 16.5. The molecule has 0 atom stereocenters. The Balaban J connectivity index is 1.11. The van der Waals surface area contributed by atoms with E-state index >= 15 is 0 Å². The van der Waals surface area contributed by atoms with Crippen LogP contribution in [-0.4, -0.2) is 0 Å². The van der Waals surface area contributed by atoms with Crippen molar-refractivity contribution in [2.45, 2.75) is 13.8 Å². The number of benzene rings is 7. The Hall–Kier alpha value is -6.20. The van der Waals surface area contributed by atoms with Crippen LogP contribution < -0.4 is 19.3 Å². The molecule has 2 aliphatic rings. The molecule has 5 heteroatoms. The van der Waals surface area contributed by atoms with Crippen LogP contribution in [0.3, 0.4) is 0 Å². The van der Waals surface area contributed by atoms with Crippen molar-refractivity contribution in [3.63, 3.8) is 0 Å². The molecule has 47 heavy (non-hydrogen) atoms. The zero-order chi connectivity index (χ0) is 31.2. The van der Waals surface area contributed by atoms with Gasteiger partial charge in [0.05, 0.1) is 22.7 Å². The second-order valence-corrected chi connectivity index (χ2v) is 12.4. The Labute approximate surface area is 271 Å². The van der Waals surface area contributed by atoms with E-state index in [0.29, 0.717) is 0 Å². The molecule has 10 rings (SSSR count). The molecule has 224 valence electrons. The minimum atomic E-state index is 0.799. The fraction of sp³-hybridized carbons (Fsp3) is 0.0476. The monoisotopic (exact) mass is 608 g/mol. The number of fused-ring (bicyclic) bond motifs is 8. The fourth-order valence-electron chi connectivity index (χ4n) is 7.05. The molecular weight excluding hydrogens is 580 g/mol. The first kappa shape index (κ1) is 26.1. The fourth-order valence-corrected chi connectivity index (χ4v) is 7.05. The van der Waals surface area contributed by atoms with Crippen LogP contribution in [0.25, 0.3) is 32.7 Å². The lowest BCUT2D eigenvalue weighted by Gasteiger charge is -2.34. The van der Waals surface area contributed by atoms with Crippen LogP contribution in [0.15, 0.2) is 138 Å². The molecule has 0 amide bonds. The van der Waals surface area contributed by atoms with Crippen LogP contribution in [0.5, 0.6) is 23.0 Å². The molecular formula is C42H28N2O3. The molecule has 2 aliphatic heterocycles. The molecule has 0 aliphatic carbocycles. The Morgan fingerprint density at radius 2 is 0.979 bits per heavy atom. The lowest BCUT2D eigenvalue weighted by Crippen LogP contribution is -2.16. The van der Waals surface area contributed by atoms with E-state index in [0.717, 1.165) is 101 Å². The molecule has 7 aromatic carbocycles. The van der Waals surface area contributed by atoms with Crippen LogP contribution >= 0.6 is 0 Å². The van der Waals surface area contributed by atoms with Gasteiger partial charge in [-0.05, 0) is 109 Å². The van der Waals surface area contributed by atoms with Gasteiger partial charge in [0.1, 0.15) is 11.2 Å². The lowest BCUT2D eigenvalue weighted by atomic mass is 10.0. The normalized spacial score (nSPS) is 13.1. The predicted molar refractivity (Wildman–Crippen MR) is 190 cm³/mol. The van der Waals surface area contributed by atoms with Crippen LogP contribution in [-0.2, 0) is 0 Å². The molecule has 8 aromatic rings. The van der Waals surface area contributed by atoms with Crippen molar-refractivity contribution in [2.24, 2.45) is 0 Å². The number of rotatable bonds is 2. The average Bonchev–Trinajstić information content (AvgIpc) is 3.45. The van der Waals surface area contributed by atoms with Gasteiger partial charge in [-0.2, -0.15) is 0 Å². The van der Waals surface area contributed by atoms with E-state index in [1.54, 1.807) is 0 Å². The largest absolute Gasteiger partial charge is 0.456 e. The SMILES string of the molecule is Cc1ccc2c(c1)Oc1cc(C)ccc1N2c1ccc2cc(N3c4ccccc4Oc4cc5c(cc43)oc3ccccc35)ccc2c1. The molecule has 0 saturated carbocycles. The van der Waals surface area contributed by atoms with Crippen molar-refractivity contribution in [3.8, 4) is 23.0 Å². The minimum Gasteiger partial charge on any atom is -0.456 e. The zero-order valence-electron chi connectivity index (χ0n) is 25.8. The van der Waals surface area contributed by atoms with E-state index in [-0.39, 0.29) is 0 Å². The third kappa shape index (κ3) is 3.96. The van der Waals surface area contributed by atoms with Gasteiger partial charge in [0, 0.05) is 28.2 Å². The van der Waals surface area contributed by atoms with Crippen LogP contribution in [0.4, 0.5) is 34.1 Å². The number of furan rings is 1. The van der Waals surface area contributed by atoms with Crippen molar-refractivity contribution >= 4 is 66.8 Å². The Kier molecular flexibility index (Phi) is 5.35. The maximum Gasteiger partial charge on any atom is 0.152 e. The second kappa shape index (κ2) is 9.65. The van der Waals surface area contributed by atoms with E-state index in [1.807, 2.05) is 36.4 Å². The maximum absolute atomic E-state index is 6.50. The Morgan fingerprint density at radius 3 is 1.70 bits per heavy atom. The number of hydrogen-bond donors (Lipinski definition) is 0. The topological polar surface area (TPSA) is 38.1 Å². The van der Waals surface area contributed by atoms with Gasteiger partial charge in [-0.1, -0.05) is 54.6 Å². The summed E-state index contributed by atoms with van der Waals surface area (Å²) >= 11 is 0. The zero-order valence-corrected chi connectivity index (χ0v) is 25.8. The summed E-state index contributed by atoms with van der Waals surface area (Å²) in [6, 6.07) is 46.6. The number of ether oxygens (including phenoxy) is 2. The first-order valence-corrected chi connectivity index (χ1v) is 15.8. The van der Waals surface area contributed by atoms with E-state index < -0.39 is 0 Å². The average molecular weight is 609 g/mol. The van der Waals surface area contributed by atoms with Gasteiger partial charge in [-0.15, -0.1) is 0 Å². The molecule has 0 fully saturated rings. The summed E-state index contributed by atoms with van der Waals surface area (Å²) in [5.41, 5.74) is 10.1. The first-order valence-electron chi connectivity index (χ1n) is 15.8. The van der Waals surface area contributed by atoms with Gasteiger partial charge in [-0.3, -0.25) is 0 Å². The summed E-state index contributed by atoms with van der Waals surface area (Å²) < 4.78 is 19.2. The lowest BCUT2D eigenvalue weighted by molar-refractivity contribution is 0.476. The Morgan fingerprint density at radius 1 is 0.404 bits per heavy atom. The van der Waals surface area contributed by atoms with Gasteiger partial charge in [-0.25, -0.2) is 0 Å². The van der Waals surface area contributed by atoms with Gasteiger partial charge < -0.3 is 23.7 Å². The Bertz CT molecular complexity index is 2530. The van der Waals surface area contributed by atoms with Crippen LogP contribution in [0.1, 0.15) is 11.1 Å². The molecule has 0 unspecified atom stereocenters. The number of anilines is 6. The number of aryl methyl sites for hydroxylation is 2. The van der Waals surface area contributed by atoms with Crippen molar-refractivity contribution in [1.29, 1.82) is 0 Å². The third-order valence-corrected chi connectivity index (χ3v) is 9.28. The minimum absolute atomic E-state index is 0.799. The molecule has 3 heterocycles. The summed E-state index contributed by atoms with van der Waals surface area (Å²) in [6.45, 7) is 4.19. The molecule has 0 saturated heterocycles. The van der Waals surface area contributed by atoms with Gasteiger partial charge >= 0.3 is 0 Å². The highest BCUT2D eigenvalue weighted by Crippen LogP contribution is 2.54. The molecule has 0 N–H and O–H groups in total.